The highest BCUT2D eigenvalue weighted by molar-refractivity contribution is 7.92. The summed E-state index contributed by atoms with van der Waals surface area (Å²) >= 11 is 12.4. The van der Waals surface area contributed by atoms with Gasteiger partial charge in [0.2, 0.25) is 21.8 Å². The molecule has 0 aliphatic carbocycles. The molecule has 0 unspecified atom stereocenters. The summed E-state index contributed by atoms with van der Waals surface area (Å²) < 4.78 is 40.5. The van der Waals surface area contributed by atoms with Gasteiger partial charge in [0, 0.05) is 31.5 Å². The van der Waals surface area contributed by atoms with Crippen LogP contribution in [0.2, 0.25) is 10.0 Å². The maximum Gasteiger partial charge on any atom is 0.243 e. The fourth-order valence-electron chi connectivity index (χ4n) is 4.48. The van der Waals surface area contributed by atoms with Gasteiger partial charge in [0.15, 0.2) is 0 Å². The number of sulfonamides is 1. The number of para-hydroxylation sites is 1. The number of carbonyl (C=O) groups is 2. The molecule has 1 atom stereocenters. The molecule has 0 aromatic heterocycles. The second kappa shape index (κ2) is 14.4. The number of anilines is 1. The number of nitrogens with zero attached hydrogens (tertiary/aromatic N) is 2. The Hall–Kier alpha value is -3.14. The molecule has 11 heteroatoms. The Balaban J connectivity index is 1.93. The van der Waals surface area contributed by atoms with Crippen LogP contribution in [-0.4, -0.2) is 49.5 Å². The zero-order chi connectivity index (χ0) is 31.1. The lowest BCUT2D eigenvalue weighted by Gasteiger charge is -2.34. The van der Waals surface area contributed by atoms with E-state index in [1.165, 1.54) is 23.1 Å². The molecular weight excluding hydrogens is 600 g/mol. The van der Waals surface area contributed by atoms with E-state index >= 15 is 0 Å². The minimum atomic E-state index is -3.83. The van der Waals surface area contributed by atoms with Crippen LogP contribution in [-0.2, 0) is 32.6 Å². The predicted molar refractivity (Wildman–Crippen MR) is 167 cm³/mol. The number of benzene rings is 3. The predicted octanol–water partition coefficient (Wildman–Crippen LogP) is 6.23. The molecule has 0 saturated carbocycles. The molecule has 1 N–H and O–H groups in total. The maximum absolute atomic E-state index is 14.5. The van der Waals surface area contributed by atoms with Crippen molar-refractivity contribution in [3.8, 4) is 0 Å². The molecule has 0 aliphatic rings. The van der Waals surface area contributed by atoms with Crippen LogP contribution in [0, 0.1) is 5.82 Å². The van der Waals surface area contributed by atoms with Crippen LogP contribution in [0.3, 0.4) is 0 Å². The quantitative estimate of drug-likeness (QED) is 0.255. The molecule has 0 bridgehead atoms. The number of hydrogen-bond donors (Lipinski definition) is 1. The van der Waals surface area contributed by atoms with Crippen LogP contribution in [0.15, 0.2) is 72.8 Å². The fourth-order valence-corrected chi connectivity index (χ4v) is 5.76. The first-order valence-corrected chi connectivity index (χ1v) is 16.1. The molecule has 0 saturated heterocycles. The van der Waals surface area contributed by atoms with Crippen molar-refractivity contribution in [1.82, 2.24) is 10.2 Å². The molecular formula is C31H36Cl2FN3O4S. The molecule has 0 radical (unpaired) electrons. The third-order valence-electron chi connectivity index (χ3n) is 6.38. The molecule has 0 heterocycles. The van der Waals surface area contributed by atoms with Crippen molar-refractivity contribution in [3.63, 3.8) is 0 Å². The highest BCUT2D eigenvalue weighted by atomic mass is 35.5. The molecule has 7 nitrogen and oxygen atoms in total. The zero-order valence-electron chi connectivity index (χ0n) is 24.1. The lowest BCUT2D eigenvalue weighted by molar-refractivity contribution is -0.142. The van der Waals surface area contributed by atoms with Gasteiger partial charge in [-0.05, 0) is 62.6 Å². The lowest BCUT2D eigenvalue weighted by Crippen LogP contribution is -2.54. The van der Waals surface area contributed by atoms with Crippen molar-refractivity contribution in [2.24, 2.45) is 0 Å². The monoisotopic (exact) mass is 635 g/mol. The van der Waals surface area contributed by atoms with E-state index in [4.69, 9.17) is 23.2 Å². The zero-order valence-corrected chi connectivity index (χ0v) is 26.4. The summed E-state index contributed by atoms with van der Waals surface area (Å²) in [7, 11) is -3.83. The van der Waals surface area contributed by atoms with E-state index in [1.54, 1.807) is 24.3 Å². The van der Waals surface area contributed by atoms with Gasteiger partial charge in [-0.3, -0.25) is 13.9 Å². The molecule has 0 aliphatic heterocycles. The summed E-state index contributed by atoms with van der Waals surface area (Å²) in [5.74, 6) is -1.38. The maximum atomic E-state index is 14.5. The minimum absolute atomic E-state index is 0.0634. The summed E-state index contributed by atoms with van der Waals surface area (Å²) in [6.45, 7) is 5.52. The Morgan fingerprint density at radius 2 is 1.57 bits per heavy atom. The van der Waals surface area contributed by atoms with Crippen LogP contribution < -0.4 is 9.62 Å². The number of nitrogens with one attached hydrogen (secondary N) is 1. The van der Waals surface area contributed by atoms with Crippen molar-refractivity contribution in [3.05, 3.63) is 99.8 Å². The second-order valence-electron chi connectivity index (χ2n) is 11.1. The van der Waals surface area contributed by atoms with Crippen molar-refractivity contribution in [2.75, 3.05) is 17.1 Å². The molecule has 3 aromatic carbocycles. The third-order valence-corrected chi connectivity index (χ3v) is 8.30. The van der Waals surface area contributed by atoms with Crippen LogP contribution in [0.25, 0.3) is 0 Å². The Labute approximate surface area is 257 Å². The lowest BCUT2D eigenvalue weighted by atomic mass is 10.00. The Morgan fingerprint density at radius 3 is 2.17 bits per heavy atom. The fraction of sp³-hybridized carbons (Fsp3) is 0.355. The normalized spacial score (nSPS) is 12.5. The molecule has 3 rings (SSSR count). The molecule has 2 amide bonds. The van der Waals surface area contributed by atoms with Gasteiger partial charge in [0.25, 0.3) is 0 Å². The van der Waals surface area contributed by atoms with Crippen molar-refractivity contribution >= 4 is 50.7 Å². The molecule has 3 aromatic rings. The highest BCUT2D eigenvalue weighted by Crippen LogP contribution is 2.26. The van der Waals surface area contributed by atoms with E-state index in [0.717, 1.165) is 16.1 Å². The van der Waals surface area contributed by atoms with Gasteiger partial charge in [-0.2, -0.15) is 0 Å². The number of carbonyl (C=O) groups excluding carboxylic acids is 2. The van der Waals surface area contributed by atoms with E-state index in [-0.39, 0.29) is 49.9 Å². The van der Waals surface area contributed by atoms with Crippen molar-refractivity contribution in [2.45, 2.75) is 58.2 Å². The summed E-state index contributed by atoms with van der Waals surface area (Å²) in [5, 5.41) is 3.67. The summed E-state index contributed by atoms with van der Waals surface area (Å²) in [5.41, 5.74) is 0.886. The summed E-state index contributed by atoms with van der Waals surface area (Å²) in [4.78, 5) is 29.0. The first-order chi connectivity index (χ1) is 19.7. The average Bonchev–Trinajstić information content (AvgIpc) is 2.90. The van der Waals surface area contributed by atoms with Crippen molar-refractivity contribution in [1.29, 1.82) is 0 Å². The van der Waals surface area contributed by atoms with E-state index in [1.807, 2.05) is 51.1 Å². The van der Waals surface area contributed by atoms with E-state index in [0.29, 0.717) is 15.6 Å². The van der Waals surface area contributed by atoms with Crippen LogP contribution in [0.1, 0.15) is 44.7 Å². The SMILES string of the molecule is CC(C)(C)NC(=O)[C@H](Cc1ccccc1)N(Cc1ccc(Cl)c(Cl)c1)C(=O)CCCN(c1ccccc1F)S(C)(=O)=O. The van der Waals surface area contributed by atoms with Gasteiger partial charge in [-0.1, -0.05) is 71.7 Å². The summed E-state index contributed by atoms with van der Waals surface area (Å²) in [6, 6.07) is 19.1. The second-order valence-corrected chi connectivity index (χ2v) is 13.8. The Kier molecular flexibility index (Phi) is 11.4. The van der Waals surface area contributed by atoms with E-state index < -0.39 is 27.4 Å². The number of rotatable bonds is 12. The van der Waals surface area contributed by atoms with Crippen LogP contribution in [0.5, 0.6) is 0 Å². The standard InChI is InChI=1S/C31H36Cl2FN3O4S/c1-31(2,3)35-30(39)28(20-22-11-6-5-7-12-22)36(21-23-16-17-24(32)25(33)19-23)29(38)15-10-18-37(42(4,40)41)27-14-9-8-13-26(27)34/h5-9,11-14,16-17,19,28H,10,15,18,20-21H2,1-4H3,(H,35,39)/t28-/m0/s1. The number of halogens is 3. The van der Waals surface area contributed by atoms with Gasteiger partial charge in [-0.15, -0.1) is 0 Å². The summed E-state index contributed by atoms with van der Waals surface area (Å²) in [6.07, 6.45) is 1.25. The Bertz CT molecular complexity index is 1500. The van der Waals surface area contributed by atoms with E-state index in [2.05, 4.69) is 5.32 Å². The van der Waals surface area contributed by atoms with Crippen LogP contribution in [0.4, 0.5) is 10.1 Å². The molecule has 226 valence electrons. The molecule has 42 heavy (non-hydrogen) atoms. The van der Waals surface area contributed by atoms with Gasteiger partial charge in [0.1, 0.15) is 11.9 Å². The van der Waals surface area contributed by atoms with Gasteiger partial charge in [0.05, 0.1) is 22.0 Å². The molecule has 0 spiro atoms. The van der Waals surface area contributed by atoms with Gasteiger partial charge >= 0.3 is 0 Å². The first kappa shape index (κ1) is 33.4. The van der Waals surface area contributed by atoms with E-state index in [9.17, 15) is 22.4 Å². The Morgan fingerprint density at radius 1 is 0.929 bits per heavy atom. The topological polar surface area (TPSA) is 86.8 Å². The average molecular weight is 637 g/mol. The number of amides is 2. The largest absolute Gasteiger partial charge is 0.350 e. The van der Waals surface area contributed by atoms with Gasteiger partial charge < -0.3 is 10.2 Å². The highest BCUT2D eigenvalue weighted by Gasteiger charge is 2.32. The third kappa shape index (κ3) is 9.71. The number of hydrogen-bond acceptors (Lipinski definition) is 4. The molecule has 0 fully saturated rings. The van der Waals surface area contributed by atoms with Crippen molar-refractivity contribution < 1.29 is 22.4 Å². The first-order valence-electron chi connectivity index (χ1n) is 13.5. The minimum Gasteiger partial charge on any atom is -0.350 e. The van der Waals surface area contributed by atoms with Gasteiger partial charge in [-0.25, -0.2) is 12.8 Å². The smallest absolute Gasteiger partial charge is 0.243 e. The van der Waals surface area contributed by atoms with Crippen LogP contribution >= 0.6 is 23.2 Å².